The number of fused-ring (bicyclic) bond motifs is 1. The monoisotopic (exact) mass is 491 g/mol. The van der Waals surface area contributed by atoms with Gasteiger partial charge in [-0.25, -0.2) is 8.42 Å². The molecular formula is C26H25N3O3S2. The minimum absolute atomic E-state index is 0.102. The largest absolute Gasteiger partial charge is 0.312 e. The Bertz CT molecular complexity index is 1550. The van der Waals surface area contributed by atoms with Crippen LogP contribution in [0.4, 0.5) is 5.69 Å². The molecular weight excluding hydrogens is 466 g/mol. The summed E-state index contributed by atoms with van der Waals surface area (Å²) in [4.78, 5) is 18.0. The standard InChI is InChI=1S/C26H25N3O3S2/c1-5-15-29-23-16-18(2)19(3)17-24(23)33-26(29)27-25(30)20-11-13-22(14-12-20)34(31,32)28(4)21-9-7-6-8-10-21/h5-14,16-17H,1,15H2,2-4H3. The van der Waals surface area contributed by atoms with Crippen molar-refractivity contribution in [3.8, 4) is 0 Å². The molecule has 34 heavy (non-hydrogen) atoms. The van der Waals surface area contributed by atoms with Crippen LogP contribution in [0.25, 0.3) is 10.2 Å². The quantitative estimate of drug-likeness (QED) is 0.354. The minimum atomic E-state index is -3.75. The summed E-state index contributed by atoms with van der Waals surface area (Å²) in [6.07, 6.45) is 1.77. The van der Waals surface area contributed by atoms with Gasteiger partial charge in [-0.2, -0.15) is 4.99 Å². The first-order valence-corrected chi connectivity index (χ1v) is 12.9. The van der Waals surface area contributed by atoms with Crippen molar-refractivity contribution in [1.29, 1.82) is 0 Å². The maximum absolute atomic E-state index is 13.0. The number of carbonyl (C=O) groups excluding carboxylic acids is 1. The van der Waals surface area contributed by atoms with Gasteiger partial charge in [0.1, 0.15) is 0 Å². The van der Waals surface area contributed by atoms with E-state index in [0.29, 0.717) is 22.6 Å². The van der Waals surface area contributed by atoms with Crippen LogP contribution in [0.15, 0.2) is 89.3 Å². The number of rotatable bonds is 6. The SMILES string of the molecule is C=CCn1c(=NC(=O)c2ccc(S(=O)(=O)N(C)c3ccccc3)cc2)sc2cc(C)c(C)cc21. The summed E-state index contributed by atoms with van der Waals surface area (Å²) in [6.45, 7) is 8.46. The number of aryl methyl sites for hydroxylation is 2. The Kier molecular flexibility index (Phi) is 6.54. The third-order valence-corrected chi connectivity index (χ3v) is 8.53. The van der Waals surface area contributed by atoms with E-state index in [4.69, 9.17) is 0 Å². The van der Waals surface area contributed by atoms with Crippen LogP contribution in [-0.4, -0.2) is 25.9 Å². The van der Waals surface area contributed by atoms with Crippen LogP contribution < -0.4 is 9.11 Å². The van der Waals surface area contributed by atoms with Gasteiger partial charge < -0.3 is 4.57 Å². The summed E-state index contributed by atoms with van der Waals surface area (Å²) in [5.41, 5.74) is 4.22. The van der Waals surface area contributed by atoms with Gasteiger partial charge in [0.25, 0.3) is 15.9 Å². The van der Waals surface area contributed by atoms with Crippen molar-refractivity contribution in [3.63, 3.8) is 0 Å². The van der Waals surface area contributed by atoms with Crippen molar-refractivity contribution in [2.45, 2.75) is 25.3 Å². The molecule has 1 amide bonds. The molecule has 3 aromatic carbocycles. The van der Waals surface area contributed by atoms with Crippen molar-refractivity contribution in [1.82, 2.24) is 4.57 Å². The molecule has 0 aliphatic heterocycles. The van der Waals surface area contributed by atoms with Crippen molar-refractivity contribution >= 4 is 43.2 Å². The van der Waals surface area contributed by atoms with Crippen molar-refractivity contribution in [3.05, 3.63) is 101 Å². The Morgan fingerprint density at radius 1 is 1.06 bits per heavy atom. The number of amides is 1. The van der Waals surface area contributed by atoms with Gasteiger partial charge in [-0.3, -0.25) is 9.10 Å². The van der Waals surface area contributed by atoms with Gasteiger partial charge in [0.05, 0.1) is 20.8 Å². The first-order chi connectivity index (χ1) is 16.2. The number of aromatic nitrogens is 1. The average Bonchev–Trinajstić information content (AvgIpc) is 3.15. The first-order valence-electron chi connectivity index (χ1n) is 10.7. The molecule has 0 unspecified atom stereocenters. The van der Waals surface area contributed by atoms with E-state index in [1.54, 1.807) is 30.3 Å². The summed E-state index contributed by atoms with van der Waals surface area (Å²) >= 11 is 1.44. The lowest BCUT2D eigenvalue weighted by atomic mass is 10.1. The molecule has 1 heterocycles. The highest BCUT2D eigenvalue weighted by molar-refractivity contribution is 7.92. The summed E-state index contributed by atoms with van der Waals surface area (Å²) < 4.78 is 30.2. The Hall–Kier alpha value is -3.49. The summed E-state index contributed by atoms with van der Waals surface area (Å²) in [5.74, 6) is -0.432. The molecule has 0 spiro atoms. The highest BCUT2D eigenvalue weighted by Gasteiger charge is 2.21. The molecule has 0 aliphatic rings. The van der Waals surface area contributed by atoms with Crippen LogP contribution >= 0.6 is 11.3 Å². The molecule has 6 nitrogen and oxygen atoms in total. The fourth-order valence-corrected chi connectivity index (χ4v) is 5.88. The zero-order valence-corrected chi connectivity index (χ0v) is 20.9. The van der Waals surface area contributed by atoms with E-state index < -0.39 is 15.9 Å². The molecule has 0 saturated carbocycles. The molecule has 0 N–H and O–H groups in total. The molecule has 8 heteroatoms. The van der Waals surface area contributed by atoms with Crippen LogP contribution in [0.1, 0.15) is 21.5 Å². The smallest absolute Gasteiger partial charge is 0.279 e. The highest BCUT2D eigenvalue weighted by atomic mass is 32.2. The predicted molar refractivity (Wildman–Crippen MR) is 138 cm³/mol. The van der Waals surface area contributed by atoms with Crippen LogP contribution in [-0.2, 0) is 16.6 Å². The number of hydrogen-bond donors (Lipinski definition) is 0. The normalized spacial score (nSPS) is 12.1. The summed E-state index contributed by atoms with van der Waals surface area (Å²) in [6, 6.07) is 18.9. The van der Waals surface area contributed by atoms with Crippen LogP contribution in [0.5, 0.6) is 0 Å². The van der Waals surface area contributed by atoms with E-state index in [1.165, 1.54) is 58.1 Å². The number of thiazole rings is 1. The number of hydrogen-bond acceptors (Lipinski definition) is 4. The number of nitrogens with zero attached hydrogens (tertiary/aromatic N) is 3. The Balaban J connectivity index is 1.68. The van der Waals surface area contributed by atoms with E-state index in [2.05, 4.69) is 37.6 Å². The van der Waals surface area contributed by atoms with Gasteiger partial charge in [-0.1, -0.05) is 35.6 Å². The minimum Gasteiger partial charge on any atom is -0.312 e. The number of benzene rings is 3. The van der Waals surface area contributed by atoms with Gasteiger partial charge in [0, 0.05) is 19.2 Å². The molecule has 0 atom stereocenters. The zero-order valence-electron chi connectivity index (χ0n) is 19.2. The van der Waals surface area contributed by atoms with Crippen molar-refractivity contribution < 1.29 is 13.2 Å². The molecule has 0 radical (unpaired) electrons. The van der Waals surface area contributed by atoms with Gasteiger partial charge in [0.2, 0.25) is 0 Å². The fraction of sp³-hybridized carbons (Fsp3) is 0.154. The lowest BCUT2D eigenvalue weighted by Gasteiger charge is -2.19. The number of anilines is 1. The Morgan fingerprint density at radius 2 is 1.71 bits per heavy atom. The molecule has 0 bridgehead atoms. The summed E-state index contributed by atoms with van der Waals surface area (Å²) in [5, 5.41) is 0. The molecule has 0 saturated heterocycles. The van der Waals surface area contributed by atoms with Crippen molar-refractivity contribution in [2.75, 3.05) is 11.4 Å². The maximum atomic E-state index is 13.0. The van der Waals surface area contributed by atoms with Gasteiger partial charge >= 0.3 is 0 Å². The maximum Gasteiger partial charge on any atom is 0.279 e. The third kappa shape index (κ3) is 4.47. The average molecular weight is 492 g/mol. The molecule has 4 rings (SSSR count). The molecule has 0 fully saturated rings. The van der Waals surface area contributed by atoms with E-state index in [0.717, 1.165) is 10.2 Å². The second-order valence-corrected chi connectivity index (χ2v) is 10.9. The number of para-hydroxylation sites is 1. The lowest BCUT2D eigenvalue weighted by Crippen LogP contribution is -2.26. The van der Waals surface area contributed by atoms with Gasteiger partial charge in [-0.05, 0) is 73.5 Å². The van der Waals surface area contributed by atoms with Gasteiger partial charge in [0.15, 0.2) is 4.80 Å². The van der Waals surface area contributed by atoms with Gasteiger partial charge in [-0.15, -0.1) is 6.58 Å². The number of allylic oxidation sites excluding steroid dienone is 1. The molecule has 1 aromatic heterocycles. The van der Waals surface area contributed by atoms with Crippen LogP contribution in [0.2, 0.25) is 0 Å². The first kappa shape index (κ1) is 23.7. The van der Waals surface area contributed by atoms with Crippen LogP contribution in [0.3, 0.4) is 0 Å². The molecule has 174 valence electrons. The predicted octanol–water partition coefficient (Wildman–Crippen LogP) is 5.07. The van der Waals surface area contributed by atoms with Crippen molar-refractivity contribution in [2.24, 2.45) is 4.99 Å². The van der Waals surface area contributed by atoms with Crippen LogP contribution in [0, 0.1) is 13.8 Å². The third-order valence-electron chi connectivity index (χ3n) is 5.69. The lowest BCUT2D eigenvalue weighted by molar-refractivity contribution is 0.0998. The number of carbonyl (C=O) groups is 1. The van der Waals surface area contributed by atoms with E-state index >= 15 is 0 Å². The molecule has 0 aliphatic carbocycles. The highest BCUT2D eigenvalue weighted by Crippen LogP contribution is 2.23. The topological polar surface area (TPSA) is 71.7 Å². The number of sulfonamides is 1. The Labute approximate surface area is 203 Å². The second-order valence-electron chi connectivity index (χ2n) is 7.94. The summed E-state index contributed by atoms with van der Waals surface area (Å²) in [7, 11) is -2.25. The van der Waals surface area contributed by atoms with E-state index in [1.807, 2.05) is 10.6 Å². The fourth-order valence-electron chi connectivity index (χ4n) is 3.57. The molecule has 4 aromatic rings. The zero-order chi connectivity index (χ0) is 24.5. The Morgan fingerprint density at radius 3 is 2.35 bits per heavy atom. The second kappa shape index (κ2) is 9.40. The van der Waals surface area contributed by atoms with E-state index in [-0.39, 0.29) is 4.90 Å². The van der Waals surface area contributed by atoms with E-state index in [9.17, 15) is 13.2 Å².